The summed E-state index contributed by atoms with van der Waals surface area (Å²) in [5.74, 6) is -2.92. The molecule has 3 aromatic rings. The first-order chi connectivity index (χ1) is 14.3. The van der Waals surface area contributed by atoms with E-state index in [1.165, 1.54) is 30.7 Å². The fraction of sp³-hybridized carbons (Fsp3) is 0.150. The quantitative estimate of drug-likeness (QED) is 0.127. The van der Waals surface area contributed by atoms with Crippen LogP contribution < -0.4 is 13.8 Å². The molecular weight excluding hydrogens is 488 g/mol. The second kappa shape index (κ2) is 9.57. The number of aromatic nitrogens is 1. The molecule has 158 valence electrons. The molecule has 2 aromatic carbocycles. The standard InChI is InChI=1S/C20H15BrF4N2O2S/c1-28-12-7-6-11(15(8-12)29-2)10-27(17-5-3-4-16(24)26-17)30-20-14(23)9-13(22)18(21)19(20)25/h3-9H,10H2,1-2H3. The Morgan fingerprint density at radius 3 is 2.43 bits per heavy atom. The Balaban J connectivity index is 2.04. The van der Waals surface area contributed by atoms with Gasteiger partial charge < -0.3 is 9.47 Å². The van der Waals surface area contributed by atoms with Crippen LogP contribution in [0.25, 0.3) is 0 Å². The van der Waals surface area contributed by atoms with E-state index >= 15 is 0 Å². The minimum atomic E-state index is -1.11. The number of ether oxygens (including phenoxy) is 2. The number of hydrogen-bond acceptors (Lipinski definition) is 5. The van der Waals surface area contributed by atoms with Gasteiger partial charge in [-0.15, -0.1) is 0 Å². The third-order valence-corrected chi connectivity index (χ3v) is 5.86. The Morgan fingerprint density at radius 2 is 1.77 bits per heavy atom. The molecule has 0 unspecified atom stereocenters. The molecule has 1 aromatic heterocycles. The van der Waals surface area contributed by atoms with Crippen molar-refractivity contribution < 1.29 is 27.0 Å². The maximum absolute atomic E-state index is 14.6. The summed E-state index contributed by atoms with van der Waals surface area (Å²) in [5.41, 5.74) is 0.624. The highest BCUT2D eigenvalue weighted by atomic mass is 79.9. The van der Waals surface area contributed by atoms with Gasteiger partial charge in [-0.1, -0.05) is 6.07 Å². The Kier molecular flexibility index (Phi) is 7.09. The number of rotatable bonds is 7. The maximum atomic E-state index is 14.6. The molecule has 4 nitrogen and oxygen atoms in total. The number of anilines is 1. The van der Waals surface area contributed by atoms with Crippen molar-refractivity contribution in [3.63, 3.8) is 0 Å². The fourth-order valence-electron chi connectivity index (χ4n) is 2.58. The summed E-state index contributed by atoms with van der Waals surface area (Å²) in [4.78, 5) is 3.33. The van der Waals surface area contributed by atoms with Crippen LogP contribution in [-0.4, -0.2) is 19.2 Å². The fourth-order valence-corrected chi connectivity index (χ4v) is 3.97. The number of hydrogen-bond donors (Lipinski definition) is 0. The van der Waals surface area contributed by atoms with E-state index in [9.17, 15) is 17.6 Å². The summed E-state index contributed by atoms with van der Waals surface area (Å²) in [6.45, 7) is 0.0438. The summed E-state index contributed by atoms with van der Waals surface area (Å²) >= 11 is 3.39. The highest BCUT2D eigenvalue weighted by Crippen LogP contribution is 2.38. The van der Waals surface area contributed by atoms with Gasteiger partial charge in [0.1, 0.15) is 33.8 Å². The lowest BCUT2D eigenvalue weighted by Crippen LogP contribution is -2.17. The molecule has 0 radical (unpaired) electrons. The number of pyridine rings is 1. The zero-order chi connectivity index (χ0) is 21.8. The zero-order valence-electron chi connectivity index (χ0n) is 15.8. The molecule has 0 atom stereocenters. The third kappa shape index (κ3) is 4.81. The van der Waals surface area contributed by atoms with Gasteiger partial charge in [0.15, 0.2) is 5.82 Å². The van der Waals surface area contributed by atoms with Crippen LogP contribution in [0.5, 0.6) is 11.5 Å². The largest absolute Gasteiger partial charge is 0.497 e. The van der Waals surface area contributed by atoms with Crippen LogP contribution in [0.2, 0.25) is 0 Å². The Morgan fingerprint density at radius 1 is 1.00 bits per heavy atom. The lowest BCUT2D eigenvalue weighted by molar-refractivity contribution is 0.391. The highest BCUT2D eigenvalue weighted by molar-refractivity contribution is 9.10. The molecule has 0 fully saturated rings. The first-order valence-electron chi connectivity index (χ1n) is 8.46. The SMILES string of the molecule is COc1ccc(CN(Sc2c(F)cc(F)c(Br)c2F)c2cccc(F)n2)c(OC)c1. The second-order valence-corrected chi connectivity index (χ2v) is 7.75. The van der Waals surface area contributed by atoms with Crippen molar-refractivity contribution in [1.82, 2.24) is 4.98 Å². The Labute approximate surface area is 183 Å². The van der Waals surface area contributed by atoms with E-state index in [2.05, 4.69) is 20.9 Å². The van der Waals surface area contributed by atoms with Crippen molar-refractivity contribution in [2.24, 2.45) is 0 Å². The maximum Gasteiger partial charge on any atom is 0.214 e. The topological polar surface area (TPSA) is 34.6 Å². The van der Waals surface area contributed by atoms with Gasteiger partial charge >= 0.3 is 0 Å². The minimum Gasteiger partial charge on any atom is -0.497 e. The van der Waals surface area contributed by atoms with E-state index in [4.69, 9.17) is 9.47 Å². The van der Waals surface area contributed by atoms with Gasteiger partial charge in [0.2, 0.25) is 5.95 Å². The van der Waals surface area contributed by atoms with Gasteiger partial charge in [-0.3, -0.25) is 4.31 Å². The van der Waals surface area contributed by atoms with E-state index in [0.29, 0.717) is 35.1 Å². The molecule has 1 heterocycles. The third-order valence-electron chi connectivity index (χ3n) is 4.04. The average molecular weight is 503 g/mol. The van der Waals surface area contributed by atoms with Crippen LogP contribution in [0, 0.1) is 23.4 Å². The van der Waals surface area contributed by atoms with E-state index in [0.717, 1.165) is 6.07 Å². The molecule has 0 aliphatic carbocycles. The van der Waals surface area contributed by atoms with E-state index in [1.54, 1.807) is 18.2 Å². The smallest absolute Gasteiger partial charge is 0.214 e. The van der Waals surface area contributed by atoms with Crippen molar-refractivity contribution in [3.05, 3.63) is 75.9 Å². The molecule has 0 saturated carbocycles. The van der Waals surface area contributed by atoms with Crippen LogP contribution >= 0.6 is 27.9 Å². The molecule has 0 spiro atoms. The zero-order valence-corrected chi connectivity index (χ0v) is 18.2. The summed E-state index contributed by atoms with van der Waals surface area (Å²) in [6.07, 6.45) is 0. The summed E-state index contributed by atoms with van der Waals surface area (Å²) < 4.78 is 67.6. The van der Waals surface area contributed by atoms with Crippen LogP contribution in [0.4, 0.5) is 23.4 Å². The number of halogens is 5. The molecule has 30 heavy (non-hydrogen) atoms. The predicted octanol–water partition coefficient (Wildman–Crippen LogP) is 6.13. The summed E-state index contributed by atoms with van der Waals surface area (Å²) in [5, 5.41) is 0. The minimum absolute atomic E-state index is 0.0438. The molecule has 10 heteroatoms. The monoisotopic (exact) mass is 502 g/mol. The van der Waals surface area contributed by atoms with E-state index in [1.807, 2.05) is 0 Å². The number of benzene rings is 2. The van der Waals surface area contributed by atoms with Crippen molar-refractivity contribution >= 4 is 33.7 Å². The van der Waals surface area contributed by atoms with E-state index < -0.39 is 32.8 Å². The van der Waals surface area contributed by atoms with Gasteiger partial charge in [0, 0.05) is 17.7 Å². The van der Waals surface area contributed by atoms with Crippen LogP contribution in [0.1, 0.15) is 5.56 Å². The lowest BCUT2D eigenvalue weighted by Gasteiger charge is -2.24. The van der Waals surface area contributed by atoms with Gasteiger partial charge in [-0.25, -0.2) is 18.2 Å². The number of methoxy groups -OCH3 is 2. The lowest BCUT2D eigenvalue weighted by atomic mass is 10.2. The first-order valence-corrected chi connectivity index (χ1v) is 10.0. The van der Waals surface area contributed by atoms with Gasteiger partial charge in [0.05, 0.1) is 25.2 Å². The highest BCUT2D eigenvalue weighted by Gasteiger charge is 2.23. The average Bonchev–Trinajstić information content (AvgIpc) is 2.74. The molecule has 0 bridgehead atoms. The van der Waals surface area contributed by atoms with Crippen LogP contribution in [0.15, 0.2) is 51.8 Å². The van der Waals surface area contributed by atoms with Crippen molar-refractivity contribution in [2.75, 3.05) is 18.5 Å². The molecule has 0 amide bonds. The summed E-state index contributed by atoms with van der Waals surface area (Å²) in [7, 11) is 2.97. The van der Waals surface area contributed by atoms with Crippen molar-refractivity contribution in [3.8, 4) is 11.5 Å². The molecule has 0 aliphatic heterocycles. The van der Waals surface area contributed by atoms with Crippen LogP contribution in [0.3, 0.4) is 0 Å². The van der Waals surface area contributed by atoms with Crippen LogP contribution in [-0.2, 0) is 6.54 Å². The predicted molar refractivity (Wildman–Crippen MR) is 110 cm³/mol. The molecule has 0 aliphatic rings. The van der Waals surface area contributed by atoms with Crippen molar-refractivity contribution in [2.45, 2.75) is 11.4 Å². The molecular formula is C20H15BrF4N2O2S. The summed E-state index contributed by atoms with van der Waals surface area (Å²) in [6, 6.07) is 9.67. The van der Waals surface area contributed by atoms with Gasteiger partial charge in [-0.05, 0) is 52.1 Å². The Bertz CT molecular complexity index is 1070. The van der Waals surface area contributed by atoms with E-state index in [-0.39, 0.29) is 12.4 Å². The normalized spacial score (nSPS) is 10.8. The second-order valence-electron chi connectivity index (χ2n) is 5.92. The molecule has 0 saturated heterocycles. The first kappa shape index (κ1) is 22.2. The van der Waals surface area contributed by atoms with Gasteiger partial charge in [0.25, 0.3) is 0 Å². The number of nitrogens with zero attached hydrogens (tertiary/aromatic N) is 2. The Hall–Kier alpha value is -2.46. The molecule has 0 N–H and O–H groups in total. The van der Waals surface area contributed by atoms with Gasteiger partial charge in [-0.2, -0.15) is 4.39 Å². The van der Waals surface area contributed by atoms with Crippen molar-refractivity contribution in [1.29, 1.82) is 0 Å². The molecule has 3 rings (SSSR count).